The van der Waals surface area contributed by atoms with Crippen molar-refractivity contribution < 1.29 is 24.1 Å². The number of carbonyl (C=O) groups is 1. The molecule has 0 spiro atoms. The summed E-state index contributed by atoms with van der Waals surface area (Å²) in [7, 11) is 3.57. The van der Waals surface area contributed by atoms with Crippen LogP contribution in [0.5, 0.6) is 5.75 Å². The van der Waals surface area contributed by atoms with Gasteiger partial charge in [-0.1, -0.05) is 24.3 Å². The summed E-state index contributed by atoms with van der Waals surface area (Å²) in [5, 5.41) is 15.5. The number of hydrogen-bond donors (Lipinski definition) is 1. The van der Waals surface area contributed by atoms with Crippen LogP contribution in [0, 0.1) is 0 Å². The van der Waals surface area contributed by atoms with Gasteiger partial charge in [-0.25, -0.2) is 4.79 Å². The molecule has 1 aliphatic carbocycles. The van der Waals surface area contributed by atoms with Crippen LogP contribution in [0.25, 0.3) is 21.9 Å². The first-order chi connectivity index (χ1) is 17.5. The molecule has 0 amide bonds. The quantitative estimate of drug-likeness (QED) is 0.274. The Morgan fingerprint density at radius 3 is 2.58 bits per heavy atom. The van der Waals surface area contributed by atoms with Crippen LogP contribution in [0.3, 0.4) is 0 Å². The molecule has 186 valence electrons. The molecule has 3 aromatic carbocycles. The Hall–Kier alpha value is -3.19. The standard InChI is InChI=1S/C30H30O5S/c1-33-25-8-11-30(34-2,12-9-25)24-5-3-4-20(14-24)18-35-26-6-7-27-22(16-26)15-23(29(31)32)17-28(27)21-10-13-36-19-21/h3-7,10,13-17,19,25H,8-9,11-12,18H2,1-2H3,(H,31,32)/t25-,30+. The van der Waals surface area contributed by atoms with E-state index in [0.29, 0.717) is 18.5 Å². The Balaban J connectivity index is 1.38. The number of hydrogen-bond acceptors (Lipinski definition) is 5. The highest BCUT2D eigenvalue weighted by Crippen LogP contribution is 2.41. The molecule has 1 aliphatic rings. The van der Waals surface area contributed by atoms with E-state index in [9.17, 15) is 9.90 Å². The lowest BCUT2D eigenvalue weighted by atomic mass is 9.78. The molecule has 1 N–H and O–H groups in total. The van der Waals surface area contributed by atoms with Crippen molar-refractivity contribution in [2.75, 3.05) is 14.2 Å². The van der Waals surface area contributed by atoms with E-state index in [-0.39, 0.29) is 11.2 Å². The topological polar surface area (TPSA) is 65.0 Å². The number of rotatable bonds is 8. The van der Waals surface area contributed by atoms with Crippen LogP contribution < -0.4 is 4.74 Å². The summed E-state index contributed by atoms with van der Waals surface area (Å²) >= 11 is 1.59. The van der Waals surface area contributed by atoms with E-state index < -0.39 is 5.97 Å². The maximum Gasteiger partial charge on any atom is 0.335 e. The molecule has 6 heteroatoms. The van der Waals surface area contributed by atoms with Gasteiger partial charge in [-0.15, -0.1) is 0 Å². The number of carboxylic acid groups (broad SMARTS) is 1. The molecule has 0 saturated heterocycles. The van der Waals surface area contributed by atoms with E-state index in [0.717, 1.165) is 53.1 Å². The van der Waals surface area contributed by atoms with Gasteiger partial charge in [0.25, 0.3) is 0 Å². The molecular weight excluding hydrogens is 472 g/mol. The summed E-state index contributed by atoms with van der Waals surface area (Å²) in [6.45, 7) is 0.413. The fraction of sp³-hybridized carbons (Fsp3) is 0.300. The van der Waals surface area contributed by atoms with E-state index >= 15 is 0 Å². The lowest BCUT2D eigenvalue weighted by Crippen LogP contribution is -2.36. The van der Waals surface area contributed by atoms with Crippen molar-refractivity contribution in [3.63, 3.8) is 0 Å². The normalized spacial score (nSPS) is 19.9. The minimum Gasteiger partial charge on any atom is -0.489 e. The van der Waals surface area contributed by atoms with Crippen molar-refractivity contribution in [3.05, 3.63) is 88.1 Å². The van der Waals surface area contributed by atoms with Crippen molar-refractivity contribution in [1.82, 2.24) is 0 Å². The monoisotopic (exact) mass is 502 g/mol. The first-order valence-electron chi connectivity index (χ1n) is 12.2. The molecule has 1 fully saturated rings. The molecule has 1 heterocycles. The van der Waals surface area contributed by atoms with Crippen LogP contribution in [0.15, 0.2) is 71.4 Å². The first kappa shape index (κ1) is 24.5. The zero-order chi connectivity index (χ0) is 25.1. The Kier molecular flexibility index (Phi) is 7.10. The summed E-state index contributed by atoms with van der Waals surface area (Å²) in [4.78, 5) is 11.8. The second kappa shape index (κ2) is 10.4. The number of ether oxygens (including phenoxy) is 3. The molecular formula is C30H30O5S. The van der Waals surface area contributed by atoms with Gasteiger partial charge < -0.3 is 19.3 Å². The Morgan fingerprint density at radius 1 is 1.06 bits per heavy atom. The van der Waals surface area contributed by atoms with Crippen molar-refractivity contribution in [3.8, 4) is 16.9 Å². The van der Waals surface area contributed by atoms with Crippen molar-refractivity contribution in [1.29, 1.82) is 0 Å². The second-order valence-corrected chi connectivity index (χ2v) is 10.1. The van der Waals surface area contributed by atoms with Crippen molar-refractivity contribution >= 4 is 28.1 Å². The smallest absolute Gasteiger partial charge is 0.335 e. The highest BCUT2D eigenvalue weighted by Gasteiger charge is 2.37. The third-order valence-corrected chi connectivity index (χ3v) is 8.01. The van der Waals surface area contributed by atoms with E-state index in [2.05, 4.69) is 24.3 Å². The van der Waals surface area contributed by atoms with Crippen LogP contribution in [-0.2, 0) is 21.7 Å². The number of carboxylic acids is 1. The summed E-state index contributed by atoms with van der Waals surface area (Å²) in [5.41, 5.74) is 4.14. The van der Waals surface area contributed by atoms with E-state index in [1.54, 1.807) is 37.7 Å². The molecule has 5 rings (SSSR count). The third-order valence-electron chi connectivity index (χ3n) is 7.33. The molecule has 4 aromatic rings. The SMILES string of the molecule is CO[C@H]1CC[C@](OC)(c2cccc(COc3ccc4c(-c5ccsc5)cc(C(=O)O)cc4c3)c2)CC1. The van der Waals surface area contributed by atoms with Gasteiger partial charge in [0.2, 0.25) is 0 Å². The molecule has 0 unspecified atom stereocenters. The molecule has 1 saturated carbocycles. The van der Waals surface area contributed by atoms with Crippen LogP contribution >= 0.6 is 11.3 Å². The zero-order valence-corrected chi connectivity index (χ0v) is 21.3. The molecule has 0 atom stereocenters. The van der Waals surface area contributed by atoms with Crippen LogP contribution in [0.4, 0.5) is 0 Å². The number of thiophene rings is 1. The fourth-order valence-corrected chi connectivity index (χ4v) is 5.89. The second-order valence-electron chi connectivity index (χ2n) is 9.35. The average Bonchev–Trinajstić information content (AvgIpc) is 3.46. The van der Waals surface area contributed by atoms with Gasteiger partial charge in [0.15, 0.2) is 0 Å². The minimum atomic E-state index is -0.942. The Bertz CT molecular complexity index is 1350. The highest BCUT2D eigenvalue weighted by atomic mass is 32.1. The van der Waals surface area contributed by atoms with Gasteiger partial charge in [0, 0.05) is 14.2 Å². The summed E-state index contributed by atoms with van der Waals surface area (Å²) in [5.74, 6) is -0.239. The van der Waals surface area contributed by atoms with Gasteiger partial charge in [-0.3, -0.25) is 0 Å². The van der Waals surface area contributed by atoms with E-state index in [1.807, 2.05) is 35.0 Å². The van der Waals surface area contributed by atoms with E-state index in [4.69, 9.17) is 14.2 Å². The summed E-state index contributed by atoms with van der Waals surface area (Å²) in [6, 6.07) is 19.8. The molecule has 0 bridgehead atoms. The number of aromatic carboxylic acids is 1. The summed E-state index contributed by atoms with van der Waals surface area (Å²) < 4.78 is 17.8. The highest BCUT2D eigenvalue weighted by molar-refractivity contribution is 7.08. The fourth-order valence-electron chi connectivity index (χ4n) is 5.23. The van der Waals surface area contributed by atoms with Gasteiger partial charge in [0.1, 0.15) is 12.4 Å². The van der Waals surface area contributed by atoms with Gasteiger partial charge in [0.05, 0.1) is 17.3 Å². The summed E-state index contributed by atoms with van der Waals surface area (Å²) in [6.07, 6.45) is 4.11. The Morgan fingerprint density at radius 2 is 1.89 bits per heavy atom. The predicted molar refractivity (Wildman–Crippen MR) is 143 cm³/mol. The zero-order valence-electron chi connectivity index (χ0n) is 20.5. The average molecular weight is 503 g/mol. The number of fused-ring (bicyclic) bond motifs is 1. The maximum absolute atomic E-state index is 11.8. The third kappa shape index (κ3) is 4.89. The number of methoxy groups -OCH3 is 2. The van der Waals surface area contributed by atoms with Crippen LogP contribution in [0.2, 0.25) is 0 Å². The first-order valence-corrected chi connectivity index (χ1v) is 13.1. The Labute approximate surface area is 215 Å². The number of benzene rings is 3. The molecule has 36 heavy (non-hydrogen) atoms. The van der Waals surface area contributed by atoms with E-state index in [1.165, 1.54) is 5.56 Å². The molecule has 1 aromatic heterocycles. The molecule has 5 nitrogen and oxygen atoms in total. The van der Waals surface area contributed by atoms with Gasteiger partial charge >= 0.3 is 5.97 Å². The molecule has 0 aliphatic heterocycles. The minimum absolute atomic E-state index is 0.265. The predicted octanol–water partition coefficient (Wildman–Crippen LogP) is 7.28. The maximum atomic E-state index is 11.8. The lowest BCUT2D eigenvalue weighted by molar-refractivity contribution is -0.0762. The van der Waals surface area contributed by atoms with Crippen LogP contribution in [-0.4, -0.2) is 31.4 Å². The molecule has 0 radical (unpaired) electrons. The van der Waals surface area contributed by atoms with Crippen molar-refractivity contribution in [2.45, 2.75) is 44.0 Å². The van der Waals surface area contributed by atoms with Crippen molar-refractivity contribution in [2.24, 2.45) is 0 Å². The van der Waals surface area contributed by atoms with Gasteiger partial charge in [-0.2, -0.15) is 11.3 Å². The van der Waals surface area contributed by atoms with Crippen LogP contribution in [0.1, 0.15) is 47.2 Å². The largest absolute Gasteiger partial charge is 0.489 e. The van der Waals surface area contributed by atoms with Gasteiger partial charge in [-0.05, 0) is 106 Å². The lowest BCUT2D eigenvalue weighted by Gasteiger charge is -2.39.